The SMILES string of the molecule is CN1[C@@H]2CC=C[C@@]1(O)CC2.Cl. The molecule has 64 valence electrons. The van der Waals surface area contributed by atoms with Crippen LogP contribution in [-0.2, 0) is 0 Å². The molecule has 2 atom stereocenters. The first kappa shape index (κ1) is 9.04. The Labute approximate surface area is 73.3 Å². The summed E-state index contributed by atoms with van der Waals surface area (Å²) in [7, 11) is 2.00. The van der Waals surface area contributed by atoms with E-state index in [9.17, 15) is 5.11 Å². The van der Waals surface area contributed by atoms with Gasteiger partial charge in [-0.3, -0.25) is 4.90 Å². The van der Waals surface area contributed by atoms with E-state index in [2.05, 4.69) is 11.0 Å². The fourth-order valence-electron chi connectivity index (χ4n) is 1.96. The molecule has 1 fully saturated rings. The van der Waals surface area contributed by atoms with Gasteiger partial charge in [-0.1, -0.05) is 6.08 Å². The lowest BCUT2D eigenvalue weighted by atomic mass is 10.1. The Kier molecular flexibility index (Phi) is 2.28. The molecule has 11 heavy (non-hydrogen) atoms. The highest BCUT2D eigenvalue weighted by atomic mass is 35.5. The zero-order chi connectivity index (χ0) is 7.19. The van der Waals surface area contributed by atoms with Crippen molar-refractivity contribution in [3.8, 4) is 0 Å². The second-order valence-corrected chi connectivity index (χ2v) is 3.32. The van der Waals surface area contributed by atoms with Crippen LogP contribution in [0.4, 0.5) is 0 Å². The van der Waals surface area contributed by atoms with Gasteiger partial charge in [0, 0.05) is 6.04 Å². The minimum Gasteiger partial charge on any atom is -0.372 e. The second kappa shape index (κ2) is 2.77. The molecule has 2 bridgehead atoms. The van der Waals surface area contributed by atoms with Crippen molar-refractivity contribution in [3.05, 3.63) is 12.2 Å². The molecule has 0 aromatic carbocycles. The minimum atomic E-state index is -0.594. The number of nitrogens with zero attached hydrogens (tertiary/aromatic N) is 1. The van der Waals surface area contributed by atoms with Crippen LogP contribution >= 0.6 is 12.4 Å². The highest BCUT2D eigenvalue weighted by Crippen LogP contribution is 2.36. The van der Waals surface area contributed by atoms with E-state index in [0.29, 0.717) is 6.04 Å². The van der Waals surface area contributed by atoms with Crippen LogP contribution in [0.5, 0.6) is 0 Å². The van der Waals surface area contributed by atoms with E-state index >= 15 is 0 Å². The van der Waals surface area contributed by atoms with Gasteiger partial charge in [-0.2, -0.15) is 0 Å². The van der Waals surface area contributed by atoms with Gasteiger partial charge in [0.1, 0.15) is 5.72 Å². The molecule has 2 aliphatic rings. The van der Waals surface area contributed by atoms with Crippen LogP contribution in [0, 0.1) is 0 Å². The first-order valence-corrected chi connectivity index (χ1v) is 3.85. The van der Waals surface area contributed by atoms with E-state index in [0.717, 1.165) is 19.3 Å². The molecule has 2 nitrogen and oxygen atoms in total. The molecule has 0 aliphatic carbocycles. The summed E-state index contributed by atoms with van der Waals surface area (Å²) in [5.74, 6) is 0. The summed E-state index contributed by atoms with van der Waals surface area (Å²) in [5, 5.41) is 9.83. The lowest BCUT2D eigenvalue weighted by molar-refractivity contribution is -0.0419. The monoisotopic (exact) mass is 175 g/mol. The van der Waals surface area contributed by atoms with Crippen LogP contribution in [0.3, 0.4) is 0 Å². The van der Waals surface area contributed by atoms with E-state index in [4.69, 9.17) is 0 Å². The zero-order valence-electron chi connectivity index (χ0n) is 6.66. The molecular weight excluding hydrogens is 162 g/mol. The quantitative estimate of drug-likeness (QED) is 0.559. The first-order valence-electron chi connectivity index (χ1n) is 3.85. The number of hydrogen-bond acceptors (Lipinski definition) is 2. The number of rotatable bonds is 0. The molecule has 3 heteroatoms. The molecule has 0 amide bonds. The van der Waals surface area contributed by atoms with Crippen LogP contribution in [-0.4, -0.2) is 28.8 Å². The zero-order valence-corrected chi connectivity index (χ0v) is 7.47. The Bertz CT molecular complexity index is 183. The average molecular weight is 176 g/mol. The van der Waals surface area contributed by atoms with Crippen molar-refractivity contribution < 1.29 is 5.11 Å². The van der Waals surface area contributed by atoms with Crippen LogP contribution in [0.25, 0.3) is 0 Å². The topological polar surface area (TPSA) is 23.5 Å². The Morgan fingerprint density at radius 3 is 2.91 bits per heavy atom. The van der Waals surface area contributed by atoms with Gasteiger partial charge in [-0.05, 0) is 32.4 Å². The highest BCUT2D eigenvalue weighted by molar-refractivity contribution is 5.85. The molecule has 2 rings (SSSR count). The molecule has 2 heterocycles. The van der Waals surface area contributed by atoms with Gasteiger partial charge in [-0.25, -0.2) is 0 Å². The smallest absolute Gasteiger partial charge is 0.137 e. The predicted molar refractivity (Wildman–Crippen MR) is 46.7 cm³/mol. The number of halogens is 1. The van der Waals surface area contributed by atoms with Gasteiger partial charge in [0.2, 0.25) is 0 Å². The van der Waals surface area contributed by atoms with Crippen LogP contribution < -0.4 is 0 Å². The maximum absolute atomic E-state index is 9.83. The number of aliphatic hydroxyl groups is 1. The molecule has 2 aliphatic heterocycles. The van der Waals surface area contributed by atoms with Gasteiger partial charge < -0.3 is 5.11 Å². The summed E-state index contributed by atoms with van der Waals surface area (Å²) in [4.78, 5) is 2.08. The minimum absolute atomic E-state index is 0. The standard InChI is InChI=1S/C8H13NO.ClH/c1-9-7-3-2-5-8(9,10)6-4-7;/h2,5,7,10H,3-4,6H2,1H3;1H/t7-,8-;/m1./s1. The van der Waals surface area contributed by atoms with Gasteiger partial charge in [-0.15, -0.1) is 12.4 Å². The van der Waals surface area contributed by atoms with E-state index in [1.165, 1.54) is 0 Å². The normalized spacial score (nSPS) is 42.2. The summed E-state index contributed by atoms with van der Waals surface area (Å²) >= 11 is 0. The predicted octanol–water partition coefficient (Wildman–Crippen LogP) is 1.15. The summed E-state index contributed by atoms with van der Waals surface area (Å²) in [6, 6.07) is 0.593. The van der Waals surface area contributed by atoms with Crippen molar-refractivity contribution in [1.29, 1.82) is 0 Å². The largest absolute Gasteiger partial charge is 0.372 e. The molecule has 0 aromatic heterocycles. The second-order valence-electron chi connectivity index (χ2n) is 3.32. The molecule has 0 radical (unpaired) electrons. The van der Waals surface area contributed by atoms with E-state index in [1.807, 2.05) is 13.1 Å². The average Bonchev–Trinajstić information content (AvgIpc) is 2.18. The van der Waals surface area contributed by atoms with Crippen LogP contribution in [0.1, 0.15) is 19.3 Å². The molecule has 0 spiro atoms. The van der Waals surface area contributed by atoms with Crippen molar-refractivity contribution in [1.82, 2.24) is 4.90 Å². The lowest BCUT2D eigenvalue weighted by Crippen LogP contribution is -2.44. The number of likely N-dealkylation sites (N-methyl/N-ethyl adjacent to an activating group) is 1. The lowest BCUT2D eigenvalue weighted by Gasteiger charge is -2.33. The van der Waals surface area contributed by atoms with Crippen molar-refractivity contribution >= 4 is 12.4 Å². The molecule has 0 unspecified atom stereocenters. The molecule has 1 saturated heterocycles. The number of fused-ring (bicyclic) bond motifs is 2. The van der Waals surface area contributed by atoms with E-state index in [-0.39, 0.29) is 12.4 Å². The van der Waals surface area contributed by atoms with Gasteiger partial charge in [0.25, 0.3) is 0 Å². The fourth-order valence-corrected chi connectivity index (χ4v) is 1.96. The van der Waals surface area contributed by atoms with Crippen molar-refractivity contribution in [3.63, 3.8) is 0 Å². The molecule has 0 aromatic rings. The van der Waals surface area contributed by atoms with Gasteiger partial charge in [0.05, 0.1) is 0 Å². The maximum atomic E-state index is 9.83. The third-order valence-electron chi connectivity index (χ3n) is 2.80. The Morgan fingerprint density at radius 2 is 2.36 bits per heavy atom. The van der Waals surface area contributed by atoms with Crippen LogP contribution in [0.15, 0.2) is 12.2 Å². The van der Waals surface area contributed by atoms with E-state index in [1.54, 1.807) is 0 Å². The van der Waals surface area contributed by atoms with Crippen molar-refractivity contribution in [2.24, 2.45) is 0 Å². The van der Waals surface area contributed by atoms with Crippen molar-refractivity contribution in [2.45, 2.75) is 31.0 Å². The summed E-state index contributed by atoms with van der Waals surface area (Å²) in [5.41, 5.74) is -0.594. The Morgan fingerprint density at radius 1 is 1.64 bits per heavy atom. The Balaban J connectivity index is 0.000000605. The molecule has 1 N–H and O–H groups in total. The summed E-state index contributed by atoms with van der Waals surface area (Å²) in [6.07, 6.45) is 7.18. The maximum Gasteiger partial charge on any atom is 0.137 e. The summed E-state index contributed by atoms with van der Waals surface area (Å²) in [6.45, 7) is 0. The Hall–Kier alpha value is -0.0500. The van der Waals surface area contributed by atoms with E-state index < -0.39 is 5.72 Å². The third-order valence-corrected chi connectivity index (χ3v) is 2.80. The van der Waals surface area contributed by atoms with Gasteiger partial charge in [0.15, 0.2) is 0 Å². The number of hydrogen-bond donors (Lipinski definition) is 1. The van der Waals surface area contributed by atoms with Gasteiger partial charge >= 0.3 is 0 Å². The molecule has 0 saturated carbocycles. The van der Waals surface area contributed by atoms with Crippen molar-refractivity contribution in [2.75, 3.05) is 7.05 Å². The fraction of sp³-hybridized carbons (Fsp3) is 0.750. The molecular formula is C8H14ClNO. The van der Waals surface area contributed by atoms with Crippen LogP contribution in [0.2, 0.25) is 0 Å². The third kappa shape index (κ3) is 1.19. The highest BCUT2D eigenvalue weighted by Gasteiger charge is 2.42. The summed E-state index contributed by atoms with van der Waals surface area (Å²) < 4.78 is 0. The first-order chi connectivity index (χ1) is 4.72.